The summed E-state index contributed by atoms with van der Waals surface area (Å²) in [5.74, 6) is 0. The molecule has 0 radical (unpaired) electrons. The van der Waals surface area contributed by atoms with E-state index in [0.717, 1.165) is 3.70 Å². The molecular formula is C10H13IN2. The highest BCUT2D eigenvalue weighted by Crippen LogP contribution is 2.18. The van der Waals surface area contributed by atoms with E-state index >= 15 is 0 Å². The van der Waals surface area contributed by atoms with Gasteiger partial charge in [-0.25, -0.2) is 4.98 Å². The van der Waals surface area contributed by atoms with Gasteiger partial charge in [0.25, 0.3) is 0 Å². The van der Waals surface area contributed by atoms with Crippen molar-refractivity contribution in [2.75, 3.05) is 18.0 Å². The topological polar surface area (TPSA) is 16.1 Å². The third-order valence-electron chi connectivity index (χ3n) is 2.43. The van der Waals surface area contributed by atoms with Crippen molar-refractivity contribution in [1.29, 1.82) is 0 Å². The predicted molar refractivity (Wildman–Crippen MR) is 63.0 cm³/mol. The fourth-order valence-corrected chi connectivity index (χ4v) is 2.03. The van der Waals surface area contributed by atoms with Gasteiger partial charge in [0.2, 0.25) is 0 Å². The average Bonchev–Trinajstić information content (AvgIpc) is 2.20. The maximum Gasteiger partial charge on any atom is 0.101 e. The molecule has 1 fully saturated rings. The summed E-state index contributed by atoms with van der Waals surface area (Å²) >= 11 is 2.24. The minimum Gasteiger partial charge on any atom is -0.370 e. The quantitative estimate of drug-likeness (QED) is 0.583. The second-order valence-corrected chi connectivity index (χ2v) is 4.49. The molecule has 2 heterocycles. The van der Waals surface area contributed by atoms with Crippen LogP contribution in [-0.4, -0.2) is 18.1 Å². The Bertz CT molecular complexity index is 265. The van der Waals surface area contributed by atoms with Crippen LogP contribution in [0.25, 0.3) is 0 Å². The van der Waals surface area contributed by atoms with Crippen molar-refractivity contribution in [2.24, 2.45) is 0 Å². The molecule has 1 aliphatic heterocycles. The fraction of sp³-hybridized carbons (Fsp3) is 0.500. The third-order valence-corrected chi connectivity index (χ3v) is 3.07. The van der Waals surface area contributed by atoms with Crippen LogP contribution in [0.5, 0.6) is 0 Å². The first kappa shape index (κ1) is 9.24. The van der Waals surface area contributed by atoms with Gasteiger partial charge in [-0.15, -0.1) is 0 Å². The van der Waals surface area contributed by atoms with Crippen LogP contribution < -0.4 is 4.90 Å². The normalized spacial score (nSPS) is 17.5. The molecule has 0 unspecified atom stereocenters. The monoisotopic (exact) mass is 288 g/mol. The summed E-state index contributed by atoms with van der Waals surface area (Å²) in [6.07, 6.45) is 6.01. The van der Waals surface area contributed by atoms with E-state index < -0.39 is 0 Å². The SMILES string of the molecule is Ic1ccc(N2CCCCC2)cn1. The minimum atomic E-state index is 1.07. The zero-order chi connectivity index (χ0) is 9.10. The van der Waals surface area contributed by atoms with Gasteiger partial charge >= 0.3 is 0 Å². The molecule has 0 saturated carbocycles. The second kappa shape index (κ2) is 4.26. The first-order valence-electron chi connectivity index (χ1n) is 4.73. The Labute approximate surface area is 92.5 Å². The molecule has 0 amide bonds. The Balaban J connectivity index is 2.10. The zero-order valence-electron chi connectivity index (χ0n) is 7.54. The Morgan fingerprint density at radius 2 is 1.92 bits per heavy atom. The van der Waals surface area contributed by atoms with E-state index in [0.29, 0.717) is 0 Å². The molecule has 2 rings (SSSR count). The Hall–Kier alpha value is -0.320. The minimum absolute atomic E-state index is 1.07. The van der Waals surface area contributed by atoms with Crippen LogP contribution in [0.2, 0.25) is 0 Å². The number of nitrogens with zero attached hydrogens (tertiary/aromatic N) is 2. The summed E-state index contributed by atoms with van der Waals surface area (Å²) in [5.41, 5.74) is 1.28. The van der Waals surface area contributed by atoms with E-state index in [-0.39, 0.29) is 0 Å². The van der Waals surface area contributed by atoms with E-state index in [1.807, 2.05) is 6.20 Å². The summed E-state index contributed by atoms with van der Waals surface area (Å²) in [5, 5.41) is 0. The molecule has 3 heteroatoms. The predicted octanol–water partition coefficient (Wildman–Crippen LogP) is 2.68. The third kappa shape index (κ3) is 2.33. The number of rotatable bonds is 1. The number of hydrogen-bond donors (Lipinski definition) is 0. The van der Waals surface area contributed by atoms with Crippen LogP contribution >= 0.6 is 22.6 Å². The maximum absolute atomic E-state index is 4.30. The van der Waals surface area contributed by atoms with Gasteiger partial charge in [0.15, 0.2) is 0 Å². The van der Waals surface area contributed by atoms with Gasteiger partial charge in [-0.2, -0.15) is 0 Å². The molecule has 1 aliphatic rings. The lowest BCUT2D eigenvalue weighted by Gasteiger charge is -2.28. The molecule has 1 aromatic rings. The van der Waals surface area contributed by atoms with E-state index in [4.69, 9.17) is 0 Å². The molecule has 1 saturated heterocycles. The van der Waals surface area contributed by atoms with Crippen LogP contribution in [-0.2, 0) is 0 Å². The van der Waals surface area contributed by atoms with Crippen molar-refractivity contribution < 1.29 is 0 Å². The second-order valence-electron chi connectivity index (χ2n) is 3.39. The summed E-state index contributed by atoms with van der Waals surface area (Å²) in [6, 6.07) is 4.24. The van der Waals surface area contributed by atoms with Gasteiger partial charge in [-0.1, -0.05) is 0 Å². The number of hydrogen-bond acceptors (Lipinski definition) is 2. The molecule has 70 valence electrons. The van der Waals surface area contributed by atoms with Gasteiger partial charge in [0, 0.05) is 13.1 Å². The van der Waals surface area contributed by atoms with Crippen LogP contribution in [0.4, 0.5) is 5.69 Å². The number of aromatic nitrogens is 1. The molecule has 1 aromatic heterocycles. The van der Waals surface area contributed by atoms with E-state index in [2.05, 4.69) is 44.6 Å². The number of halogens is 1. The number of anilines is 1. The Morgan fingerprint density at radius 3 is 2.54 bits per heavy atom. The molecule has 0 atom stereocenters. The Kier molecular flexibility index (Phi) is 3.03. The lowest BCUT2D eigenvalue weighted by Crippen LogP contribution is -2.29. The molecular weight excluding hydrogens is 275 g/mol. The summed E-state index contributed by atoms with van der Waals surface area (Å²) in [4.78, 5) is 6.72. The fourth-order valence-electron chi connectivity index (χ4n) is 1.71. The van der Waals surface area contributed by atoms with Crippen molar-refractivity contribution in [3.8, 4) is 0 Å². The van der Waals surface area contributed by atoms with Crippen molar-refractivity contribution in [3.05, 3.63) is 22.0 Å². The van der Waals surface area contributed by atoms with Crippen LogP contribution in [0.3, 0.4) is 0 Å². The largest absolute Gasteiger partial charge is 0.370 e. The smallest absolute Gasteiger partial charge is 0.101 e. The molecule has 2 nitrogen and oxygen atoms in total. The molecule has 0 bridgehead atoms. The highest BCUT2D eigenvalue weighted by molar-refractivity contribution is 14.1. The van der Waals surface area contributed by atoms with Crippen LogP contribution in [0.1, 0.15) is 19.3 Å². The van der Waals surface area contributed by atoms with Gasteiger partial charge < -0.3 is 4.90 Å². The first-order chi connectivity index (χ1) is 6.36. The van der Waals surface area contributed by atoms with Gasteiger partial charge in [0.05, 0.1) is 11.9 Å². The molecule has 0 aromatic carbocycles. The highest BCUT2D eigenvalue weighted by atomic mass is 127. The van der Waals surface area contributed by atoms with Gasteiger partial charge in [-0.05, 0) is 54.0 Å². The van der Waals surface area contributed by atoms with Crippen molar-refractivity contribution in [2.45, 2.75) is 19.3 Å². The molecule has 13 heavy (non-hydrogen) atoms. The van der Waals surface area contributed by atoms with E-state index in [1.54, 1.807) is 0 Å². The van der Waals surface area contributed by atoms with Gasteiger partial charge in [0.1, 0.15) is 3.70 Å². The number of pyridine rings is 1. The molecule has 0 aliphatic carbocycles. The van der Waals surface area contributed by atoms with Crippen molar-refractivity contribution >= 4 is 28.3 Å². The lowest BCUT2D eigenvalue weighted by atomic mass is 10.1. The molecule has 0 N–H and O–H groups in total. The standard InChI is InChI=1S/C10H13IN2/c11-10-5-4-9(8-12-10)13-6-2-1-3-7-13/h4-5,8H,1-3,6-7H2. The van der Waals surface area contributed by atoms with Crippen molar-refractivity contribution in [3.63, 3.8) is 0 Å². The molecule has 0 spiro atoms. The van der Waals surface area contributed by atoms with E-state index in [9.17, 15) is 0 Å². The van der Waals surface area contributed by atoms with Crippen LogP contribution in [0.15, 0.2) is 18.3 Å². The Morgan fingerprint density at radius 1 is 1.15 bits per heavy atom. The number of piperidine rings is 1. The highest BCUT2D eigenvalue weighted by Gasteiger charge is 2.10. The van der Waals surface area contributed by atoms with Gasteiger partial charge in [-0.3, -0.25) is 0 Å². The van der Waals surface area contributed by atoms with Crippen molar-refractivity contribution in [1.82, 2.24) is 4.98 Å². The summed E-state index contributed by atoms with van der Waals surface area (Å²) in [6.45, 7) is 2.39. The summed E-state index contributed by atoms with van der Waals surface area (Å²) in [7, 11) is 0. The maximum atomic E-state index is 4.30. The lowest BCUT2D eigenvalue weighted by molar-refractivity contribution is 0.577. The summed E-state index contributed by atoms with van der Waals surface area (Å²) < 4.78 is 1.07. The average molecular weight is 288 g/mol. The zero-order valence-corrected chi connectivity index (χ0v) is 9.70. The van der Waals surface area contributed by atoms with E-state index in [1.165, 1.54) is 38.0 Å². The first-order valence-corrected chi connectivity index (χ1v) is 5.80. The van der Waals surface area contributed by atoms with Crippen LogP contribution in [0, 0.1) is 3.70 Å².